The molecule has 0 saturated carbocycles. The molecule has 4 heteroatoms. The molecule has 0 spiro atoms. The van der Waals surface area contributed by atoms with Crippen molar-refractivity contribution in [2.75, 3.05) is 7.11 Å². The first-order valence-corrected chi connectivity index (χ1v) is 3.97. The highest BCUT2D eigenvalue weighted by molar-refractivity contribution is 5.88. The third-order valence-electron chi connectivity index (χ3n) is 1.99. The zero-order chi connectivity index (χ0) is 9.26. The molecular weight excluding hydrogens is 168 g/mol. The Morgan fingerprint density at radius 3 is 2.92 bits per heavy atom. The quantitative estimate of drug-likeness (QED) is 0.666. The van der Waals surface area contributed by atoms with Crippen molar-refractivity contribution in [3.8, 4) is 0 Å². The van der Waals surface area contributed by atoms with Gasteiger partial charge in [0, 0.05) is 0 Å². The van der Waals surface area contributed by atoms with Gasteiger partial charge in [0.2, 0.25) is 0 Å². The van der Waals surface area contributed by atoms with Gasteiger partial charge in [-0.3, -0.25) is 0 Å². The van der Waals surface area contributed by atoms with E-state index in [9.17, 15) is 5.21 Å². The average Bonchev–Trinajstić information content (AvgIpc) is 2.60. The minimum Gasteiger partial charge on any atom is -0.595 e. The number of fused-ring (bicyclic) bond motifs is 1. The van der Waals surface area contributed by atoms with Crippen LogP contribution in [0.2, 0.25) is 0 Å². The summed E-state index contributed by atoms with van der Waals surface area (Å²) >= 11 is 0. The van der Waals surface area contributed by atoms with E-state index in [0.717, 1.165) is 10.9 Å². The van der Waals surface area contributed by atoms with Crippen LogP contribution in [-0.2, 0) is 4.84 Å². The Morgan fingerprint density at radius 1 is 1.38 bits per heavy atom. The molecule has 0 fully saturated rings. The molecule has 1 atom stereocenters. The normalized spacial score (nSPS) is 13.4. The summed E-state index contributed by atoms with van der Waals surface area (Å²) in [5, 5.41) is 11.8. The number of benzene rings is 1. The standard InChI is InChI=1S/C9H10N2O2/c1-13-11(12)9-6-10-8-5-3-2-4-7(8)9/h2-6,10-11H,1H3. The summed E-state index contributed by atoms with van der Waals surface area (Å²) in [5.74, 6) is 0. The van der Waals surface area contributed by atoms with Gasteiger partial charge in [-0.25, -0.2) is 4.84 Å². The van der Waals surface area contributed by atoms with E-state index in [0.29, 0.717) is 5.69 Å². The summed E-state index contributed by atoms with van der Waals surface area (Å²) in [4.78, 5) is 7.65. The van der Waals surface area contributed by atoms with Gasteiger partial charge in [0.25, 0.3) is 0 Å². The second kappa shape index (κ2) is 3.18. The molecule has 13 heavy (non-hydrogen) atoms. The zero-order valence-electron chi connectivity index (χ0n) is 7.20. The van der Waals surface area contributed by atoms with Crippen molar-refractivity contribution in [3.63, 3.8) is 0 Å². The smallest absolute Gasteiger partial charge is 0.189 e. The molecule has 0 radical (unpaired) electrons. The molecule has 2 rings (SSSR count). The Hall–Kier alpha value is -1.36. The Morgan fingerprint density at radius 2 is 2.15 bits per heavy atom. The summed E-state index contributed by atoms with van der Waals surface area (Å²) in [5.41, 5.74) is 1.53. The van der Waals surface area contributed by atoms with Crippen LogP contribution in [0, 0.1) is 5.21 Å². The van der Waals surface area contributed by atoms with Gasteiger partial charge in [-0.2, -0.15) is 5.23 Å². The maximum atomic E-state index is 11.2. The van der Waals surface area contributed by atoms with Gasteiger partial charge in [0.1, 0.15) is 0 Å². The second-order valence-corrected chi connectivity index (χ2v) is 2.74. The van der Waals surface area contributed by atoms with Crippen LogP contribution < -0.4 is 5.23 Å². The Bertz CT molecular complexity index is 411. The van der Waals surface area contributed by atoms with E-state index in [2.05, 4.69) is 9.82 Å². The topological polar surface area (TPSA) is 52.5 Å². The molecule has 0 saturated heterocycles. The highest BCUT2D eigenvalue weighted by atomic mass is 16.9. The third-order valence-corrected chi connectivity index (χ3v) is 1.99. The largest absolute Gasteiger partial charge is 0.595 e. The lowest BCUT2D eigenvalue weighted by molar-refractivity contribution is -0.991. The fraction of sp³-hybridized carbons (Fsp3) is 0.111. The fourth-order valence-electron chi connectivity index (χ4n) is 1.35. The summed E-state index contributed by atoms with van der Waals surface area (Å²) in [6.45, 7) is 0. The van der Waals surface area contributed by atoms with Crippen LogP contribution in [0.1, 0.15) is 0 Å². The van der Waals surface area contributed by atoms with Crippen molar-refractivity contribution in [3.05, 3.63) is 35.7 Å². The van der Waals surface area contributed by atoms with E-state index in [1.807, 2.05) is 24.3 Å². The Balaban J connectivity index is 2.57. The van der Waals surface area contributed by atoms with Gasteiger partial charge in [0.05, 0.1) is 24.2 Å². The number of hydrogen-bond donors (Lipinski definition) is 2. The van der Waals surface area contributed by atoms with E-state index in [1.165, 1.54) is 7.11 Å². The predicted octanol–water partition coefficient (Wildman–Crippen LogP) is 0.743. The molecule has 1 heterocycles. The van der Waals surface area contributed by atoms with Crippen LogP contribution in [-0.4, -0.2) is 12.1 Å². The van der Waals surface area contributed by atoms with Crippen LogP contribution in [0.15, 0.2) is 30.5 Å². The molecule has 1 unspecified atom stereocenters. The summed E-state index contributed by atoms with van der Waals surface area (Å²) < 4.78 is 0. The molecule has 1 aromatic heterocycles. The number of hydrogen-bond acceptors (Lipinski definition) is 2. The molecule has 2 aromatic rings. The van der Waals surface area contributed by atoms with Gasteiger partial charge in [0.15, 0.2) is 5.69 Å². The lowest BCUT2D eigenvalue weighted by Crippen LogP contribution is -3.00. The molecule has 1 aromatic carbocycles. The van der Waals surface area contributed by atoms with Crippen molar-refractivity contribution < 1.29 is 10.1 Å². The first kappa shape index (κ1) is 8.25. The maximum absolute atomic E-state index is 11.2. The van der Waals surface area contributed by atoms with Crippen molar-refractivity contribution in [1.82, 2.24) is 4.98 Å². The van der Waals surface area contributed by atoms with Crippen LogP contribution in [0.4, 0.5) is 5.69 Å². The zero-order valence-corrected chi connectivity index (χ0v) is 7.20. The van der Waals surface area contributed by atoms with Crippen LogP contribution in [0.3, 0.4) is 0 Å². The Kier molecular flexibility index (Phi) is 2.02. The maximum Gasteiger partial charge on any atom is 0.189 e. The van der Waals surface area contributed by atoms with E-state index in [4.69, 9.17) is 0 Å². The predicted molar refractivity (Wildman–Crippen MR) is 49.3 cm³/mol. The third kappa shape index (κ3) is 1.31. The number of rotatable bonds is 2. The van der Waals surface area contributed by atoms with Gasteiger partial charge in [-0.05, 0) is 12.1 Å². The van der Waals surface area contributed by atoms with Gasteiger partial charge in [-0.15, -0.1) is 0 Å². The molecular formula is C9H10N2O2. The SMILES string of the molecule is CO[NH+]([O-])c1c[nH]c2ccccc12. The fourth-order valence-corrected chi connectivity index (χ4v) is 1.35. The highest BCUT2D eigenvalue weighted by Crippen LogP contribution is 2.18. The highest BCUT2D eigenvalue weighted by Gasteiger charge is 2.08. The monoisotopic (exact) mass is 178 g/mol. The number of quaternary nitrogens is 1. The summed E-state index contributed by atoms with van der Waals surface area (Å²) in [7, 11) is 1.38. The molecule has 0 aliphatic heterocycles. The van der Waals surface area contributed by atoms with E-state index < -0.39 is 0 Å². The van der Waals surface area contributed by atoms with Crippen LogP contribution in [0.25, 0.3) is 10.9 Å². The number of aromatic amines is 1. The average molecular weight is 178 g/mol. The summed E-state index contributed by atoms with van der Waals surface area (Å²) in [6.07, 6.45) is 1.66. The number of aromatic nitrogens is 1. The summed E-state index contributed by atoms with van der Waals surface area (Å²) in [6, 6.07) is 7.61. The van der Waals surface area contributed by atoms with Gasteiger partial charge < -0.3 is 10.2 Å². The first-order valence-electron chi connectivity index (χ1n) is 3.97. The molecule has 2 N–H and O–H groups in total. The second-order valence-electron chi connectivity index (χ2n) is 2.74. The molecule has 0 amide bonds. The first-order chi connectivity index (χ1) is 6.33. The minimum atomic E-state index is -0.308. The van der Waals surface area contributed by atoms with Gasteiger partial charge in [-0.1, -0.05) is 12.1 Å². The lowest BCUT2D eigenvalue weighted by Gasteiger charge is -2.14. The number of H-pyrrole nitrogens is 1. The number of para-hydroxylation sites is 1. The van der Waals surface area contributed by atoms with Crippen LogP contribution in [0.5, 0.6) is 0 Å². The van der Waals surface area contributed by atoms with Crippen molar-refractivity contribution in [2.45, 2.75) is 0 Å². The molecule has 0 aliphatic carbocycles. The Labute approximate surface area is 75.3 Å². The van der Waals surface area contributed by atoms with Crippen LogP contribution >= 0.6 is 0 Å². The lowest BCUT2D eigenvalue weighted by atomic mass is 10.2. The minimum absolute atomic E-state index is 0.308. The molecule has 0 bridgehead atoms. The molecule has 4 nitrogen and oxygen atoms in total. The van der Waals surface area contributed by atoms with E-state index in [-0.39, 0.29) is 5.23 Å². The number of nitrogens with one attached hydrogen (secondary N) is 2. The van der Waals surface area contributed by atoms with Gasteiger partial charge >= 0.3 is 0 Å². The molecule has 0 aliphatic rings. The van der Waals surface area contributed by atoms with Crippen molar-refractivity contribution in [1.29, 1.82) is 0 Å². The van der Waals surface area contributed by atoms with E-state index in [1.54, 1.807) is 6.20 Å². The van der Waals surface area contributed by atoms with E-state index >= 15 is 0 Å². The van der Waals surface area contributed by atoms with Crippen molar-refractivity contribution >= 4 is 16.6 Å². The van der Waals surface area contributed by atoms with Crippen molar-refractivity contribution in [2.24, 2.45) is 0 Å². The molecule has 68 valence electrons.